The van der Waals surface area contributed by atoms with Crippen molar-refractivity contribution in [3.63, 3.8) is 0 Å². The minimum absolute atomic E-state index is 0.152. The molecule has 0 saturated carbocycles. The molecule has 124 valence electrons. The first-order valence-corrected chi connectivity index (χ1v) is 9.24. The normalized spacial score (nSPS) is 11.0. The fourth-order valence-electron chi connectivity index (χ4n) is 1.91. The number of benzene rings is 1. The van der Waals surface area contributed by atoms with E-state index in [4.69, 9.17) is 4.74 Å². The van der Waals surface area contributed by atoms with Gasteiger partial charge in [-0.3, -0.25) is 4.72 Å². The van der Waals surface area contributed by atoms with Crippen LogP contribution in [-0.2, 0) is 10.0 Å². The van der Waals surface area contributed by atoms with E-state index in [0.29, 0.717) is 11.6 Å². The van der Waals surface area contributed by atoms with E-state index in [1.807, 2.05) is 24.3 Å². The Labute approximate surface area is 143 Å². The van der Waals surface area contributed by atoms with Crippen molar-refractivity contribution in [2.24, 2.45) is 0 Å². The Morgan fingerprint density at radius 3 is 2.50 bits per heavy atom. The highest BCUT2D eigenvalue weighted by atomic mass is 32.2. The van der Waals surface area contributed by atoms with E-state index >= 15 is 0 Å². The summed E-state index contributed by atoms with van der Waals surface area (Å²) in [6.07, 6.45) is 0. The molecule has 0 amide bonds. The van der Waals surface area contributed by atoms with Gasteiger partial charge in [0.2, 0.25) is 0 Å². The second-order valence-electron chi connectivity index (χ2n) is 4.70. The third kappa shape index (κ3) is 3.81. The summed E-state index contributed by atoms with van der Waals surface area (Å²) in [6.45, 7) is 0. The smallest absolute Gasteiger partial charge is 0.272 e. The van der Waals surface area contributed by atoms with Crippen LogP contribution in [0.4, 0.5) is 17.3 Å². The van der Waals surface area contributed by atoms with Gasteiger partial charge < -0.3 is 10.1 Å². The van der Waals surface area contributed by atoms with Gasteiger partial charge in [0.05, 0.1) is 7.11 Å². The number of nitrogens with one attached hydrogen (secondary N) is 2. The predicted octanol–water partition coefficient (Wildman–Crippen LogP) is 3.09. The second-order valence-corrected chi connectivity index (χ2v) is 7.56. The third-order valence-electron chi connectivity index (χ3n) is 3.01. The number of hydrogen-bond acceptors (Lipinski definition) is 7. The van der Waals surface area contributed by atoms with Crippen LogP contribution in [0.25, 0.3) is 0 Å². The van der Waals surface area contributed by atoms with Gasteiger partial charge in [0, 0.05) is 11.8 Å². The third-order valence-corrected chi connectivity index (χ3v) is 5.76. The maximum absolute atomic E-state index is 12.1. The number of nitrogens with zero attached hydrogens (tertiary/aromatic N) is 2. The first-order valence-electron chi connectivity index (χ1n) is 6.88. The van der Waals surface area contributed by atoms with Gasteiger partial charge in [0.1, 0.15) is 9.96 Å². The van der Waals surface area contributed by atoms with Crippen molar-refractivity contribution in [1.29, 1.82) is 0 Å². The van der Waals surface area contributed by atoms with Crippen LogP contribution in [0.2, 0.25) is 0 Å². The zero-order valence-corrected chi connectivity index (χ0v) is 14.3. The number of ether oxygens (including phenoxy) is 1. The standard InChI is InChI=1S/C15H14N4O3S2/c1-22-12-5-2-4-11(10-12)16-13-7-8-14(18-17-13)19-24(20,21)15-6-3-9-23-15/h2-10H,1H3,(H,16,17)(H,18,19). The van der Waals surface area contributed by atoms with Gasteiger partial charge in [-0.2, -0.15) is 0 Å². The molecule has 3 rings (SSSR count). The summed E-state index contributed by atoms with van der Waals surface area (Å²) >= 11 is 1.13. The van der Waals surface area contributed by atoms with Crippen molar-refractivity contribution in [3.8, 4) is 5.75 Å². The van der Waals surface area contributed by atoms with E-state index in [0.717, 1.165) is 17.0 Å². The van der Waals surface area contributed by atoms with E-state index in [1.165, 1.54) is 6.07 Å². The zero-order chi connectivity index (χ0) is 17.0. The molecule has 3 aromatic rings. The number of sulfonamides is 1. The van der Waals surface area contributed by atoms with Crippen LogP contribution in [-0.4, -0.2) is 25.7 Å². The maximum atomic E-state index is 12.1. The molecule has 0 unspecified atom stereocenters. The Morgan fingerprint density at radius 1 is 1.04 bits per heavy atom. The Balaban J connectivity index is 1.71. The molecule has 0 fully saturated rings. The van der Waals surface area contributed by atoms with Gasteiger partial charge in [0.25, 0.3) is 10.0 Å². The van der Waals surface area contributed by atoms with Crippen molar-refractivity contribution in [1.82, 2.24) is 10.2 Å². The number of hydrogen-bond donors (Lipinski definition) is 2. The van der Waals surface area contributed by atoms with E-state index in [9.17, 15) is 8.42 Å². The lowest BCUT2D eigenvalue weighted by Crippen LogP contribution is -2.13. The number of methoxy groups -OCH3 is 1. The van der Waals surface area contributed by atoms with Gasteiger partial charge in [-0.25, -0.2) is 8.42 Å². The summed E-state index contributed by atoms with van der Waals surface area (Å²) < 4.78 is 32.0. The second kappa shape index (κ2) is 6.85. The summed E-state index contributed by atoms with van der Waals surface area (Å²) in [5.74, 6) is 1.36. The van der Waals surface area contributed by atoms with Gasteiger partial charge in [-0.1, -0.05) is 12.1 Å². The summed E-state index contributed by atoms with van der Waals surface area (Å²) in [6, 6.07) is 13.7. The summed E-state index contributed by atoms with van der Waals surface area (Å²) in [4.78, 5) is 0. The number of rotatable bonds is 6. The molecule has 2 heterocycles. The summed E-state index contributed by atoms with van der Waals surface area (Å²) in [5.41, 5.74) is 0.788. The molecule has 24 heavy (non-hydrogen) atoms. The lowest BCUT2D eigenvalue weighted by Gasteiger charge is -2.08. The molecule has 0 atom stereocenters. The molecule has 7 nitrogen and oxygen atoms in total. The highest BCUT2D eigenvalue weighted by molar-refractivity contribution is 7.94. The Kier molecular flexibility index (Phi) is 4.63. The average Bonchev–Trinajstić information content (AvgIpc) is 3.12. The van der Waals surface area contributed by atoms with Gasteiger partial charge in [-0.15, -0.1) is 21.5 Å². The molecule has 2 aromatic heterocycles. The molecule has 1 aromatic carbocycles. The fourth-order valence-corrected chi connectivity index (χ4v) is 3.90. The van der Waals surface area contributed by atoms with Crippen LogP contribution in [0.15, 0.2) is 58.1 Å². The minimum atomic E-state index is -3.62. The van der Waals surface area contributed by atoms with Crippen molar-refractivity contribution in [2.75, 3.05) is 17.1 Å². The monoisotopic (exact) mass is 362 g/mol. The Morgan fingerprint density at radius 2 is 1.83 bits per heavy atom. The highest BCUT2D eigenvalue weighted by Crippen LogP contribution is 2.21. The van der Waals surface area contributed by atoms with Crippen molar-refractivity contribution >= 4 is 38.7 Å². The molecule has 0 aliphatic heterocycles. The Hall–Kier alpha value is -2.65. The van der Waals surface area contributed by atoms with E-state index in [2.05, 4.69) is 20.2 Å². The van der Waals surface area contributed by atoms with Gasteiger partial charge >= 0.3 is 0 Å². The first-order chi connectivity index (χ1) is 11.6. The van der Waals surface area contributed by atoms with E-state index in [1.54, 1.807) is 30.7 Å². The Bertz CT molecular complexity index is 910. The maximum Gasteiger partial charge on any atom is 0.272 e. The van der Waals surface area contributed by atoms with Crippen LogP contribution >= 0.6 is 11.3 Å². The van der Waals surface area contributed by atoms with Crippen LogP contribution in [0.1, 0.15) is 0 Å². The molecular weight excluding hydrogens is 348 g/mol. The zero-order valence-electron chi connectivity index (χ0n) is 12.6. The average molecular weight is 362 g/mol. The first kappa shape index (κ1) is 16.2. The predicted molar refractivity (Wildman–Crippen MR) is 93.4 cm³/mol. The highest BCUT2D eigenvalue weighted by Gasteiger charge is 2.15. The minimum Gasteiger partial charge on any atom is -0.497 e. The topological polar surface area (TPSA) is 93.2 Å². The van der Waals surface area contributed by atoms with Crippen molar-refractivity contribution in [2.45, 2.75) is 4.21 Å². The lowest BCUT2D eigenvalue weighted by atomic mass is 10.3. The molecule has 9 heteroatoms. The number of aromatic nitrogens is 2. The lowest BCUT2D eigenvalue weighted by molar-refractivity contribution is 0.415. The molecule has 0 aliphatic carbocycles. The van der Waals surface area contributed by atoms with Gasteiger partial charge in [-0.05, 0) is 35.7 Å². The van der Waals surface area contributed by atoms with Crippen LogP contribution in [0, 0.1) is 0 Å². The van der Waals surface area contributed by atoms with Crippen molar-refractivity contribution in [3.05, 3.63) is 53.9 Å². The van der Waals surface area contributed by atoms with Crippen molar-refractivity contribution < 1.29 is 13.2 Å². The van der Waals surface area contributed by atoms with Crippen LogP contribution < -0.4 is 14.8 Å². The summed E-state index contributed by atoms with van der Waals surface area (Å²) in [7, 11) is -2.03. The molecule has 0 radical (unpaired) electrons. The summed E-state index contributed by atoms with van der Waals surface area (Å²) in [5, 5.41) is 12.6. The molecule has 0 spiro atoms. The van der Waals surface area contributed by atoms with Crippen LogP contribution in [0.3, 0.4) is 0 Å². The molecule has 0 aliphatic rings. The fraction of sp³-hybridized carbons (Fsp3) is 0.0667. The molecule has 0 bridgehead atoms. The number of anilines is 3. The SMILES string of the molecule is COc1cccc(Nc2ccc(NS(=O)(=O)c3cccs3)nn2)c1. The molecule has 2 N–H and O–H groups in total. The quantitative estimate of drug-likeness (QED) is 0.700. The molecule has 0 saturated heterocycles. The van der Waals surface area contributed by atoms with Crippen LogP contribution in [0.5, 0.6) is 5.75 Å². The largest absolute Gasteiger partial charge is 0.497 e. The number of thiophene rings is 1. The van der Waals surface area contributed by atoms with Gasteiger partial charge in [0.15, 0.2) is 11.6 Å². The van der Waals surface area contributed by atoms with E-state index < -0.39 is 10.0 Å². The molecular formula is C15H14N4O3S2. The van der Waals surface area contributed by atoms with E-state index in [-0.39, 0.29) is 10.0 Å².